The van der Waals surface area contributed by atoms with E-state index in [1.54, 1.807) is 0 Å². The highest BCUT2D eigenvalue weighted by Crippen LogP contribution is 2.41. The summed E-state index contributed by atoms with van der Waals surface area (Å²) in [4.78, 5) is 0. The largest absolute Gasteiger partial charge is 0.0649 e. The van der Waals surface area contributed by atoms with E-state index in [1.807, 2.05) is 0 Å². The molecule has 0 aromatic heterocycles. The Morgan fingerprint density at radius 2 is 1.77 bits per heavy atom. The molecule has 1 fully saturated rings. The van der Waals surface area contributed by atoms with Crippen molar-refractivity contribution in [2.75, 3.05) is 0 Å². The Hall–Kier alpha value is 0. The van der Waals surface area contributed by atoms with E-state index in [0.29, 0.717) is 5.41 Å². The molecule has 0 heterocycles. The van der Waals surface area contributed by atoms with Crippen molar-refractivity contribution >= 4 is 0 Å². The standard InChI is InChI=1S/C13H26/c1-5-13(4,6-2)10-12-8-7-11(3)9-12/h11-12H,5-10H2,1-4H3. The number of hydrogen-bond acceptors (Lipinski definition) is 0. The van der Waals surface area contributed by atoms with Crippen molar-refractivity contribution in [2.45, 2.75) is 66.2 Å². The van der Waals surface area contributed by atoms with Gasteiger partial charge < -0.3 is 0 Å². The van der Waals surface area contributed by atoms with Crippen LogP contribution in [0.2, 0.25) is 0 Å². The minimum Gasteiger partial charge on any atom is -0.0649 e. The molecule has 13 heavy (non-hydrogen) atoms. The van der Waals surface area contributed by atoms with Crippen molar-refractivity contribution in [3.63, 3.8) is 0 Å². The third-order valence-corrected chi connectivity index (χ3v) is 4.29. The molecule has 0 spiro atoms. The highest BCUT2D eigenvalue weighted by atomic mass is 14.3. The fraction of sp³-hybridized carbons (Fsp3) is 1.00. The van der Waals surface area contributed by atoms with Crippen molar-refractivity contribution in [1.29, 1.82) is 0 Å². The molecule has 2 unspecified atom stereocenters. The smallest absolute Gasteiger partial charge is 0.0328 e. The Morgan fingerprint density at radius 3 is 2.15 bits per heavy atom. The zero-order valence-electron chi connectivity index (χ0n) is 9.90. The topological polar surface area (TPSA) is 0 Å². The van der Waals surface area contributed by atoms with Gasteiger partial charge in [0.25, 0.3) is 0 Å². The zero-order chi connectivity index (χ0) is 9.90. The van der Waals surface area contributed by atoms with E-state index in [-0.39, 0.29) is 0 Å². The first-order valence-electron chi connectivity index (χ1n) is 6.09. The maximum Gasteiger partial charge on any atom is -0.0328 e. The normalized spacial score (nSPS) is 29.5. The van der Waals surface area contributed by atoms with Crippen LogP contribution in [0.4, 0.5) is 0 Å². The van der Waals surface area contributed by atoms with Gasteiger partial charge in [0, 0.05) is 0 Å². The van der Waals surface area contributed by atoms with Crippen LogP contribution in [-0.2, 0) is 0 Å². The fourth-order valence-corrected chi connectivity index (χ4v) is 2.75. The maximum atomic E-state index is 2.47. The average Bonchev–Trinajstić information content (AvgIpc) is 2.51. The van der Waals surface area contributed by atoms with E-state index >= 15 is 0 Å². The molecule has 0 heteroatoms. The summed E-state index contributed by atoms with van der Waals surface area (Å²) in [7, 11) is 0. The number of hydrogen-bond donors (Lipinski definition) is 0. The van der Waals surface area contributed by atoms with Gasteiger partial charge in [0.2, 0.25) is 0 Å². The highest BCUT2D eigenvalue weighted by molar-refractivity contribution is 4.80. The van der Waals surface area contributed by atoms with Gasteiger partial charge in [-0.05, 0) is 30.1 Å². The first-order valence-corrected chi connectivity index (χ1v) is 6.09. The second kappa shape index (κ2) is 4.48. The lowest BCUT2D eigenvalue weighted by Crippen LogP contribution is -2.17. The zero-order valence-corrected chi connectivity index (χ0v) is 9.90. The van der Waals surface area contributed by atoms with Crippen LogP contribution in [-0.4, -0.2) is 0 Å². The van der Waals surface area contributed by atoms with E-state index in [9.17, 15) is 0 Å². The van der Waals surface area contributed by atoms with E-state index in [4.69, 9.17) is 0 Å². The third kappa shape index (κ3) is 3.00. The minimum absolute atomic E-state index is 0.634. The molecule has 1 rings (SSSR count). The second-order valence-electron chi connectivity index (χ2n) is 5.51. The first-order chi connectivity index (χ1) is 6.09. The lowest BCUT2D eigenvalue weighted by molar-refractivity contribution is 0.220. The van der Waals surface area contributed by atoms with E-state index < -0.39 is 0 Å². The van der Waals surface area contributed by atoms with Gasteiger partial charge in [0.05, 0.1) is 0 Å². The summed E-state index contributed by atoms with van der Waals surface area (Å²) in [5.74, 6) is 2.04. The van der Waals surface area contributed by atoms with Crippen LogP contribution < -0.4 is 0 Å². The fourth-order valence-electron chi connectivity index (χ4n) is 2.75. The van der Waals surface area contributed by atoms with E-state index in [2.05, 4.69) is 27.7 Å². The van der Waals surface area contributed by atoms with Gasteiger partial charge in [-0.3, -0.25) is 0 Å². The molecule has 0 saturated heterocycles. The molecule has 0 aliphatic heterocycles. The van der Waals surface area contributed by atoms with Crippen LogP contribution in [0.3, 0.4) is 0 Å². The van der Waals surface area contributed by atoms with Crippen LogP contribution in [0.5, 0.6) is 0 Å². The molecule has 0 aromatic carbocycles. The highest BCUT2D eigenvalue weighted by Gasteiger charge is 2.28. The molecule has 0 amide bonds. The van der Waals surface area contributed by atoms with Crippen molar-refractivity contribution in [3.8, 4) is 0 Å². The van der Waals surface area contributed by atoms with Crippen molar-refractivity contribution in [2.24, 2.45) is 17.3 Å². The van der Waals surface area contributed by atoms with Gasteiger partial charge in [-0.15, -0.1) is 0 Å². The summed E-state index contributed by atoms with van der Waals surface area (Å²) in [5, 5.41) is 0. The Bertz CT molecular complexity index is 144. The minimum atomic E-state index is 0.634. The summed E-state index contributed by atoms with van der Waals surface area (Å²) in [6.45, 7) is 9.58. The van der Waals surface area contributed by atoms with Gasteiger partial charge in [-0.2, -0.15) is 0 Å². The summed E-state index contributed by atoms with van der Waals surface area (Å²) < 4.78 is 0. The lowest BCUT2D eigenvalue weighted by atomic mass is 9.76. The Morgan fingerprint density at radius 1 is 1.15 bits per heavy atom. The third-order valence-electron chi connectivity index (χ3n) is 4.29. The Kier molecular flexibility index (Phi) is 3.82. The van der Waals surface area contributed by atoms with Gasteiger partial charge in [0.15, 0.2) is 0 Å². The molecule has 0 nitrogen and oxygen atoms in total. The van der Waals surface area contributed by atoms with Crippen molar-refractivity contribution in [1.82, 2.24) is 0 Å². The van der Waals surface area contributed by atoms with Crippen LogP contribution in [0, 0.1) is 17.3 Å². The predicted octanol–water partition coefficient (Wildman–Crippen LogP) is 4.64. The van der Waals surface area contributed by atoms with Crippen LogP contribution in [0.1, 0.15) is 66.2 Å². The van der Waals surface area contributed by atoms with Gasteiger partial charge in [-0.1, -0.05) is 53.4 Å². The van der Waals surface area contributed by atoms with Crippen LogP contribution in [0.25, 0.3) is 0 Å². The van der Waals surface area contributed by atoms with Gasteiger partial charge in [0.1, 0.15) is 0 Å². The monoisotopic (exact) mass is 182 g/mol. The molecular formula is C13H26. The van der Waals surface area contributed by atoms with Crippen molar-refractivity contribution in [3.05, 3.63) is 0 Å². The molecule has 0 aromatic rings. The average molecular weight is 182 g/mol. The SMILES string of the molecule is CCC(C)(CC)CC1CCC(C)C1. The first kappa shape index (κ1) is 11.1. The summed E-state index contributed by atoms with van der Waals surface area (Å²) in [5.41, 5.74) is 0.634. The molecule has 78 valence electrons. The maximum absolute atomic E-state index is 2.47. The van der Waals surface area contributed by atoms with Crippen LogP contribution >= 0.6 is 0 Å². The second-order valence-corrected chi connectivity index (χ2v) is 5.51. The predicted molar refractivity (Wildman–Crippen MR) is 59.8 cm³/mol. The summed E-state index contributed by atoms with van der Waals surface area (Å²) in [6, 6.07) is 0. The summed E-state index contributed by atoms with van der Waals surface area (Å²) >= 11 is 0. The molecule has 1 aliphatic rings. The quantitative estimate of drug-likeness (QED) is 0.594. The van der Waals surface area contributed by atoms with Gasteiger partial charge >= 0.3 is 0 Å². The van der Waals surface area contributed by atoms with Crippen LogP contribution in [0.15, 0.2) is 0 Å². The number of rotatable bonds is 4. The molecule has 0 N–H and O–H groups in total. The molecule has 2 atom stereocenters. The molecule has 1 saturated carbocycles. The van der Waals surface area contributed by atoms with Gasteiger partial charge in [-0.25, -0.2) is 0 Å². The van der Waals surface area contributed by atoms with Crippen molar-refractivity contribution < 1.29 is 0 Å². The molecule has 0 radical (unpaired) electrons. The molecule has 1 aliphatic carbocycles. The van der Waals surface area contributed by atoms with E-state index in [1.165, 1.54) is 38.5 Å². The van der Waals surface area contributed by atoms with E-state index in [0.717, 1.165) is 11.8 Å². The lowest BCUT2D eigenvalue weighted by Gasteiger charge is -2.29. The Labute approximate surface area is 84.1 Å². The Balaban J connectivity index is 2.38. The molecular weight excluding hydrogens is 156 g/mol. The summed E-state index contributed by atoms with van der Waals surface area (Å²) in [6.07, 6.45) is 8.66. The molecule has 0 bridgehead atoms.